The quantitative estimate of drug-likeness (QED) is 0.514. The molecule has 0 aliphatic rings. The van der Waals surface area contributed by atoms with Crippen LogP contribution in [0.4, 0.5) is 14.5 Å². The Morgan fingerprint density at radius 2 is 1.71 bits per heavy atom. The maximum atomic E-state index is 12.6. The van der Waals surface area contributed by atoms with Gasteiger partial charge in [0.1, 0.15) is 0 Å². The van der Waals surface area contributed by atoms with Gasteiger partial charge in [-0.25, -0.2) is 8.42 Å². The molecule has 0 unspecified atom stereocenters. The van der Waals surface area contributed by atoms with Gasteiger partial charge in [-0.2, -0.15) is 13.1 Å². The number of Topliss-reactive ketones (excluding diaryl/α,β-unsaturated/α-hetero) is 1. The van der Waals surface area contributed by atoms with E-state index in [9.17, 15) is 26.8 Å². The smallest absolute Gasteiger partial charge is 0.288 e. The van der Waals surface area contributed by atoms with Crippen LogP contribution < -0.4 is 5.32 Å². The molecule has 0 aliphatic heterocycles. The van der Waals surface area contributed by atoms with Crippen molar-refractivity contribution in [3.05, 3.63) is 54.1 Å². The van der Waals surface area contributed by atoms with E-state index in [2.05, 4.69) is 5.32 Å². The highest BCUT2D eigenvalue weighted by Gasteiger charge is 2.23. The van der Waals surface area contributed by atoms with Gasteiger partial charge in [0.2, 0.25) is 15.9 Å². The summed E-state index contributed by atoms with van der Waals surface area (Å²) in [4.78, 5) is 23.6. The molecule has 0 aliphatic carbocycles. The van der Waals surface area contributed by atoms with Crippen LogP contribution in [0, 0.1) is 0 Å². The van der Waals surface area contributed by atoms with Crippen molar-refractivity contribution in [2.75, 3.05) is 18.9 Å². The summed E-state index contributed by atoms with van der Waals surface area (Å²) in [5, 5.41) is 2.45. The molecule has 0 aromatic heterocycles. The van der Waals surface area contributed by atoms with E-state index >= 15 is 0 Å². The lowest BCUT2D eigenvalue weighted by molar-refractivity contribution is -0.116. The Labute approximate surface area is 166 Å². The first-order valence-corrected chi connectivity index (χ1v) is 10.3. The fourth-order valence-electron chi connectivity index (χ4n) is 2.29. The van der Waals surface area contributed by atoms with Crippen molar-refractivity contribution in [2.24, 2.45) is 0 Å². The normalized spacial score (nSPS) is 11.6. The molecule has 1 N–H and O–H groups in total. The van der Waals surface area contributed by atoms with Crippen molar-refractivity contribution in [2.45, 2.75) is 22.5 Å². The third kappa shape index (κ3) is 5.60. The Hall–Kier alpha value is -2.30. The summed E-state index contributed by atoms with van der Waals surface area (Å²) >= 11 is 0.285. The number of thioether (sulfide) groups is 1. The molecule has 28 heavy (non-hydrogen) atoms. The molecule has 0 spiro atoms. The molecule has 150 valence electrons. The Balaban J connectivity index is 2.10. The number of alkyl halides is 2. The topological polar surface area (TPSA) is 83.6 Å². The van der Waals surface area contributed by atoms with Gasteiger partial charge in [0, 0.05) is 17.5 Å². The monoisotopic (exact) mass is 428 g/mol. The van der Waals surface area contributed by atoms with E-state index in [1.165, 1.54) is 50.4 Å². The molecule has 0 saturated carbocycles. The number of nitrogens with zero attached hydrogens (tertiary/aromatic N) is 1. The van der Waals surface area contributed by atoms with Crippen molar-refractivity contribution >= 4 is 39.2 Å². The number of carbonyl (C=O) groups is 2. The van der Waals surface area contributed by atoms with Crippen LogP contribution in [0.3, 0.4) is 0 Å². The van der Waals surface area contributed by atoms with Crippen LogP contribution in [0.1, 0.15) is 17.3 Å². The van der Waals surface area contributed by atoms with Gasteiger partial charge in [-0.3, -0.25) is 9.59 Å². The second kappa shape index (κ2) is 9.26. The summed E-state index contributed by atoms with van der Waals surface area (Å²) < 4.78 is 51.2. The third-order valence-electron chi connectivity index (χ3n) is 3.71. The molecule has 0 atom stereocenters. The standard InChI is InChI=1S/C18H18F2N2O4S2/c1-12(23)13-7-9-14(10-8-13)28(25,26)22(2)11-17(24)21-15-5-3-4-6-16(15)27-18(19)20/h3-10,18H,11H2,1-2H3,(H,21,24). The zero-order chi connectivity index (χ0) is 20.9. The number of hydrogen-bond acceptors (Lipinski definition) is 5. The van der Waals surface area contributed by atoms with Crippen LogP contribution in [0.25, 0.3) is 0 Å². The largest absolute Gasteiger partial charge is 0.324 e. The molecule has 1 amide bonds. The van der Waals surface area contributed by atoms with E-state index < -0.39 is 28.2 Å². The van der Waals surface area contributed by atoms with E-state index in [-0.39, 0.29) is 33.0 Å². The summed E-state index contributed by atoms with van der Waals surface area (Å²) in [7, 11) is -2.73. The van der Waals surface area contributed by atoms with Gasteiger partial charge < -0.3 is 5.32 Å². The average Bonchev–Trinajstić information content (AvgIpc) is 2.62. The van der Waals surface area contributed by atoms with Gasteiger partial charge in [-0.05, 0) is 31.2 Å². The Morgan fingerprint density at radius 3 is 2.29 bits per heavy atom. The molecule has 2 aromatic rings. The van der Waals surface area contributed by atoms with Crippen molar-refractivity contribution < 1.29 is 26.8 Å². The number of halogens is 2. The van der Waals surface area contributed by atoms with Crippen LogP contribution in [0.15, 0.2) is 58.3 Å². The minimum atomic E-state index is -3.96. The molecule has 2 aromatic carbocycles. The molecule has 0 heterocycles. The number of benzene rings is 2. The fourth-order valence-corrected chi connectivity index (χ4v) is 4.01. The first-order chi connectivity index (χ1) is 13.1. The second-order valence-electron chi connectivity index (χ2n) is 5.76. The molecule has 0 radical (unpaired) electrons. The number of nitrogens with one attached hydrogen (secondary N) is 1. The van der Waals surface area contributed by atoms with Crippen LogP contribution in [-0.2, 0) is 14.8 Å². The van der Waals surface area contributed by atoms with Crippen molar-refractivity contribution in [3.63, 3.8) is 0 Å². The van der Waals surface area contributed by atoms with E-state index in [1.54, 1.807) is 12.1 Å². The summed E-state index contributed by atoms with van der Waals surface area (Å²) in [6.45, 7) is 0.856. The number of sulfonamides is 1. The lowest BCUT2D eigenvalue weighted by Gasteiger charge is -2.18. The highest BCUT2D eigenvalue weighted by atomic mass is 32.2. The number of carbonyl (C=O) groups excluding carboxylic acids is 2. The number of rotatable bonds is 8. The van der Waals surface area contributed by atoms with Crippen LogP contribution >= 0.6 is 11.8 Å². The summed E-state index contributed by atoms with van der Waals surface area (Å²) in [5.74, 6) is -3.52. The lowest BCUT2D eigenvalue weighted by Crippen LogP contribution is -2.35. The number of hydrogen-bond donors (Lipinski definition) is 1. The van der Waals surface area contributed by atoms with E-state index in [4.69, 9.17) is 0 Å². The molecular formula is C18H18F2N2O4S2. The number of amides is 1. The van der Waals surface area contributed by atoms with Crippen LogP contribution in [-0.4, -0.2) is 43.8 Å². The second-order valence-corrected chi connectivity index (χ2v) is 8.84. The number of likely N-dealkylation sites (N-methyl/N-ethyl adjacent to an activating group) is 1. The van der Waals surface area contributed by atoms with Gasteiger partial charge in [0.25, 0.3) is 5.76 Å². The zero-order valence-corrected chi connectivity index (χ0v) is 16.7. The van der Waals surface area contributed by atoms with Crippen molar-refractivity contribution in [1.82, 2.24) is 4.31 Å². The minimum Gasteiger partial charge on any atom is -0.324 e. The van der Waals surface area contributed by atoms with E-state index in [0.29, 0.717) is 5.56 Å². The first-order valence-electron chi connectivity index (χ1n) is 8.02. The molecular weight excluding hydrogens is 410 g/mol. The highest BCUT2D eigenvalue weighted by Crippen LogP contribution is 2.31. The third-order valence-corrected chi connectivity index (χ3v) is 6.32. The Bertz CT molecular complexity index is 964. The molecule has 2 rings (SSSR count). The SMILES string of the molecule is CC(=O)c1ccc(S(=O)(=O)N(C)CC(=O)Nc2ccccc2SC(F)F)cc1. The molecule has 0 fully saturated rings. The number of anilines is 1. The number of para-hydroxylation sites is 1. The van der Waals surface area contributed by atoms with Gasteiger partial charge >= 0.3 is 0 Å². The van der Waals surface area contributed by atoms with Gasteiger partial charge in [0.15, 0.2) is 5.78 Å². The zero-order valence-electron chi connectivity index (χ0n) is 15.1. The average molecular weight is 428 g/mol. The van der Waals surface area contributed by atoms with E-state index in [1.807, 2.05) is 0 Å². The fraction of sp³-hybridized carbons (Fsp3) is 0.222. The summed E-state index contributed by atoms with van der Waals surface area (Å²) in [6, 6.07) is 11.4. The predicted molar refractivity (Wildman–Crippen MR) is 103 cm³/mol. The number of ketones is 1. The Kier molecular flexibility index (Phi) is 7.28. The van der Waals surface area contributed by atoms with E-state index in [0.717, 1.165) is 4.31 Å². The van der Waals surface area contributed by atoms with Crippen molar-refractivity contribution in [1.29, 1.82) is 0 Å². The predicted octanol–water partition coefficient (Wildman–Crippen LogP) is 3.46. The van der Waals surface area contributed by atoms with Crippen LogP contribution in [0.2, 0.25) is 0 Å². The maximum absolute atomic E-state index is 12.6. The molecule has 10 heteroatoms. The Morgan fingerprint density at radius 1 is 1.11 bits per heavy atom. The molecule has 0 saturated heterocycles. The van der Waals surface area contributed by atoms with Gasteiger partial charge in [-0.15, -0.1) is 0 Å². The van der Waals surface area contributed by atoms with Crippen molar-refractivity contribution in [3.8, 4) is 0 Å². The molecule has 0 bridgehead atoms. The molecule has 6 nitrogen and oxygen atoms in total. The maximum Gasteiger partial charge on any atom is 0.288 e. The van der Waals surface area contributed by atoms with Gasteiger partial charge in [0.05, 0.1) is 17.1 Å². The van der Waals surface area contributed by atoms with Crippen LogP contribution in [0.5, 0.6) is 0 Å². The lowest BCUT2D eigenvalue weighted by atomic mass is 10.2. The summed E-state index contributed by atoms with van der Waals surface area (Å²) in [6.07, 6.45) is 0. The first kappa shape index (κ1) is 22.0. The highest BCUT2D eigenvalue weighted by molar-refractivity contribution is 7.99. The minimum absolute atomic E-state index is 0.0681. The van der Waals surface area contributed by atoms with Gasteiger partial charge in [-0.1, -0.05) is 36.0 Å². The summed E-state index contributed by atoms with van der Waals surface area (Å²) in [5.41, 5.74) is 0.543.